The van der Waals surface area contributed by atoms with Crippen molar-refractivity contribution < 1.29 is 23.9 Å². The lowest BCUT2D eigenvalue weighted by Gasteiger charge is -2.30. The Balaban J connectivity index is 3.38. The molecule has 1 aromatic carbocycles. The van der Waals surface area contributed by atoms with Gasteiger partial charge in [-0.05, 0) is 38.8 Å². The molecule has 24 heavy (non-hydrogen) atoms. The van der Waals surface area contributed by atoms with Crippen LogP contribution in [0.25, 0.3) is 0 Å². The van der Waals surface area contributed by atoms with Gasteiger partial charge in [0.1, 0.15) is 0 Å². The lowest BCUT2D eigenvalue weighted by Crippen LogP contribution is -2.62. The fraction of sp³-hybridized carbons (Fsp3) is 0.500. The number of hydrogen-bond acceptors (Lipinski definition) is 5. The van der Waals surface area contributed by atoms with E-state index in [2.05, 4.69) is 5.32 Å². The monoisotopic (exact) mass is 335 g/mol. The van der Waals surface area contributed by atoms with Crippen molar-refractivity contribution in [3.63, 3.8) is 0 Å². The molecule has 1 rings (SSSR count). The molecule has 0 bridgehead atoms. The Morgan fingerprint density at radius 2 is 1.58 bits per heavy atom. The molecular weight excluding hydrogens is 310 g/mol. The molecule has 6 heteroatoms. The third-order valence-corrected chi connectivity index (χ3v) is 3.59. The lowest BCUT2D eigenvalue weighted by molar-refractivity contribution is -0.168. The quantitative estimate of drug-likeness (QED) is 0.607. The number of esters is 2. The SMILES string of the molecule is CCOC(=O)C(Cc1ccc(C)cc1C)(NC(C)=O)C(=O)OCC. The molecule has 0 heterocycles. The molecule has 6 nitrogen and oxygen atoms in total. The number of carbonyl (C=O) groups is 3. The van der Waals surface area contributed by atoms with Gasteiger partial charge in [-0.1, -0.05) is 23.8 Å². The summed E-state index contributed by atoms with van der Waals surface area (Å²) in [5.41, 5.74) is 0.847. The predicted molar refractivity (Wildman–Crippen MR) is 89.4 cm³/mol. The van der Waals surface area contributed by atoms with Gasteiger partial charge in [0.15, 0.2) is 0 Å². The van der Waals surface area contributed by atoms with Crippen LogP contribution in [0.3, 0.4) is 0 Å². The van der Waals surface area contributed by atoms with Crippen LogP contribution in [0, 0.1) is 13.8 Å². The van der Waals surface area contributed by atoms with Gasteiger partial charge in [0.2, 0.25) is 11.4 Å². The van der Waals surface area contributed by atoms with E-state index in [1.54, 1.807) is 13.8 Å². The van der Waals surface area contributed by atoms with E-state index in [-0.39, 0.29) is 19.6 Å². The van der Waals surface area contributed by atoms with Crippen LogP contribution < -0.4 is 5.32 Å². The first-order valence-corrected chi connectivity index (χ1v) is 7.96. The highest BCUT2D eigenvalue weighted by molar-refractivity contribution is 6.08. The average Bonchev–Trinajstić information content (AvgIpc) is 2.49. The van der Waals surface area contributed by atoms with Gasteiger partial charge in [-0.3, -0.25) is 4.79 Å². The van der Waals surface area contributed by atoms with Crippen LogP contribution in [-0.4, -0.2) is 36.6 Å². The van der Waals surface area contributed by atoms with E-state index in [9.17, 15) is 14.4 Å². The molecule has 132 valence electrons. The molecule has 0 aliphatic rings. The molecule has 0 aliphatic heterocycles. The van der Waals surface area contributed by atoms with Crippen LogP contribution in [-0.2, 0) is 30.3 Å². The third kappa shape index (κ3) is 4.57. The summed E-state index contributed by atoms with van der Waals surface area (Å²) in [6, 6.07) is 5.67. The molecule has 0 aromatic heterocycles. The van der Waals surface area contributed by atoms with Crippen molar-refractivity contribution in [2.24, 2.45) is 0 Å². The molecular formula is C18H25NO5. The fourth-order valence-corrected chi connectivity index (χ4v) is 2.51. The van der Waals surface area contributed by atoms with E-state index in [0.29, 0.717) is 0 Å². The smallest absolute Gasteiger partial charge is 0.344 e. The Hall–Kier alpha value is -2.37. The molecule has 0 radical (unpaired) electrons. The number of aryl methyl sites for hydroxylation is 2. The summed E-state index contributed by atoms with van der Waals surface area (Å²) in [6.07, 6.45) is -0.0314. The number of nitrogens with one attached hydrogen (secondary N) is 1. The van der Waals surface area contributed by atoms with Crippen molar-refractivity contribution in [3.8, 4) is 0 Å². The van der Waals surface area contributed by atoms with Gasteiger partial charge >= 0.3 is 11.9 Å². The van der Waals surface area contributed by atoms with E-state index < -0.39 is 23.4 Å². The van der Waals surface area contributed by atoms with E-state index in [0.717, 1.165) is 16.7 Å². The zero-order valence-corrected chi connectivity index (χ0v) is 14.9. The Morgan fingerprint density at radius 3 is 2.00 bits per heavy atom. The van der Waals surface area contributed by atoms with Crippen molar-refractivity contribution in [3.05, 3.63) is 34.9 Å². The Kier molecular flexibility index (Phi) is 6.95. The first kappa shape index (κ1) is 19.7. The maximum absolute atomic E-state index is 12.6. The summed E-state index contributed by atoms with van der Waals surface area (Å²) in [4.78, 5) is 36.8. The average molecular weight is 335 g/mol. The Bertz CT molecular complexity index is 606. The van der Waals surface area contributed by atoms with Crippen molar-refractivity contribution >= 4 is 17.8 Å². The van der Waals surface area contributed by atoms with Gasteiger partial charge in [-0.25, -0.2) is 9.59 Å². The van der Waals surface area contributed by atoms with Crippen molar-refractivity contribution in [1.29, 1.82) is 0 Å². The molecule has 0 unspecified atom stereocenters. The second-order valence-electron chi connectivity index (χ2n) is 5.63. The minimum Gasteiger partial charge on any atom is -0.464 e. The van der Waals surface area contributed by atoms with Crippen LogP contribution in [0.5, 0.6) is 0 Å². The van der Waals surface area contributed by atoms with E-state index in [1.165, 1.54) is 6.92 Å². The number of carbonyl (C=O) groups excluding carboxylic acids is 3. The Morgan fingerprint density at radius 1 is 1.04 bits per heavy atom. The van der Waals surface area contributed by atoms with Crippen LogP contribution in [0.1, 0.15) is 37.5 Å². The van der Waals surface area contributed by atoms with Crippen LogP contribution >= 0.6 is 0 Å². The molecule has 0 spiro atoms. The van der Waals surface area contributed by atoms with Gasteiger partial charge < -0.3 is 14.8 Å². The highest BCUT2D eigenvalue weighted by Crippen LogP contribution is 2.22. The van der Waals surface area contributed by atoms with E-state index in [4.69, 9.17) is 9.47 Å². The zero-order valence-electron chi connectivity index (χ0n) is 14.9. The van der Waals surface area contributed by atoms with Crippen molar-refractivity contribution in [1.82, 2.24) is 5.32 Å². The summed E-state index contributed by atoms with van der Waals surface area (Å²) < 4.78 is 10.1. The van der Waals surface area contributed by atoms with Crippen LogP contribution in [0.4, 0.5) is 0 Å². The standard InChI is InChI=1S/C18H25NO5/c1-6-23-16(21)18(19-14(5)20,17(22)24-7-2)11-15-9-8-12(3)10-13(15)4/h8-10H,6-7,11H2,1-5H3,(H,19,20). The van der Waals surface area contributed by atoms with Gasteiger partial charge in [0.25, 0.3) is 0 Å². The topological polar surface area (TPSA) is 81.7 Å². The van der Waals surface area contributed by atoms with E-state index >= 15 is 0 Å². The summed E-state index contributed by atoms with van der Waals surface area (Å²) in [6.45, 7) is 8.54. The number of rotatable bonds is 7. The molecule has 0 saturated carbocycles. The molecule has 1 aromatic rings. The molecule has 0 aliphatic carbocycles. The summed E-state index contributed by atoms with van der Waals surface area (Å²) in [5, 5.41) is 2.46. The Labute approximate surface area is 142 Å². The van der Waals surface area contributed by atoms with Gasteiger partial charge in [0.05, 0.1) is 13.2 Å². The summed E-state index contributed by atoms with van der Waals surface area (Å²) in [5.74, 6) is -2.15. The number of hydrogen-bond donors (Lipinski definition) is 1. The van der Waals surface area contributed by atoms with Crippen LogP contribution in [0.15, 0.2) is 18.2 Å². The number of amides is 1. The molecule has 1 N–H and O–H groups in total. The fourth-order valence-electron chi connectivity index (χ4n) is 2.51. The van der Waals surface area contributed by atoms with Gasteiger partial charge in [-0.15, -0.1) is 0 Å². The summed E-state index contributed by atoms with van der Waals surface area (Å²) >= 11 is 0. The zero-order chi connectivity index (χ0) is 18.3. The highest BCUT2D eigenvalue weighted by atomic mass is 16.6. The number of ether oxygens (including phenoxy) is 2. The van der Waals surface area contributed by atoms with E-state index in [1.807, 2.05) is 32.0 Å². The first-order chi connectivity index (χ1) is 11.3. The maximum Gasteiger partial charge on any atom is 0.344 e. The molecule has 0 fully saturated rings. The first-order valence-electron chi connectivity index (χ1n) is 7.96. The second kappa shape index (κ2) is 8.47. The predicted octanol–water partition coefficient (Wildman–Crippen LogP) is 1.85. The minimum absolute atomic E-state index is 0.0314. The molecule has 1 amide bonds. The van der Waals surface area contributed by atoms with Gasteiger partial charge in [0, 0.05) is 13.3 Å². The van der Waals surface area contributed by atoms with Crippen molar-refractivity contribution in [2.45, 2.75) is 46.6 Å². The third-order valence-electron chi connectivity index (χ3n) is 3.59. The minimum atomic E-state index is -1.89. The maximum atomic E-state index is 12.6. The van der Waals surface area contributed by atoms with Gasteiger partial charge in [-0.2, -0.15) is 0 Å². The highest BCUT2D eigenvalue weighted by Gasteiger charge is 2.50. The van der Waals surface area contributed by atoms with Crippen LogP contribution in [0.2, 0.25) is 0 Å². The lowest BCUT2D eigenvalue weighted by atomic mass is 9.88. The summed E-state index contributed by atoms with van der Waals surface area (Å²) in [7, 11) is 0. The normalized spacial score (nSPS) is 10.9. The van der Waals surface area contributed by atoms with Crippen molar-refractivity contribution in [2.75, 3.05) is 13.2 Å². The second-order valence-corrected chi connectivity index (χ2v) is 5.63. The molecule has 0 atom stereocenters. The molecule has 0 saturated heterocycles. The largest absolute Gasteiger partial charge is 0.464 e. The number of benzene rings is 1.